The minimum absolute atomic E-state index is 0.734. The first-order valence-electron chi connectivity index (χ1n) is 5.82. The van der Waals surface area contributed by atoms with Crippen LogP contribution in [-0.4, -0.2) is 13.1 Å². The lowest BCUT2D eigenvalue weighted by Gasteiger charge is -2.25. The van der Waals surface area contributed by atoms with Crippen LogP contribution in [0.1, 0.15) is 53.4 Å². The summed E-state index contributed by atoms with van der Waals surface area (Å²) >= 11 is 0. The van der Waals surface area contributed by atoms with E-state index in [1.807, 2.05) is 0 Å². The van der Waals surface area contributed by atoms with E-state index in [0.717, 1.165) is 17.9 Å². The molecule has 1 nitrogen and oxygen atoms in total. The highest BCUT2D eigenvalue weighted by Gasteiger charge is 2.16. The van der Waals surface area contributed by atoms with Crippen molar-refractivity contribution in [3.63, 3.8) is 0 Å². The molecule has 0 aliphatic rings. The van der Waals surface area contributed by atoms with Crippen molar-refractivity contribution in [1.82, 2.24) is 5.32 Å². The van der Waals surface area contributed by atoms with Gasteiger partial charge >= 0.3 is 0 Å². The lowest BCUT2D eigenvalue weighted by molar-refractivity contribution is 0.316. The first-order chi connectivity index (χ1) is 6.15. The van der Waals surface area contributed by atoms with Crippen LogP contribution < -0.4 is 5.32 Å². The third-order valence-corrected chi connectivity index (χ3v) is 3.04. The Labute approximate surface area is 84.3 Å². The molecule has 13 heavy (non-hydrogen) atoms. The third-order valence-electron chi connectivity index (χ3n) is 3.04. The third kappa shape index (κ3) is 5.30. The van der Waals surface area contributed by atoms with Gasteiger partial charge in [-0.3, -0.25) is 0 Å². The number of nitrogens with one attached hydrogen (secondary N) is 1. The molecule has 0 saturated carbocycles. The quantitative estimate of drug-likeness (QED) is 0.640. The SMILES string of the molecule is CCC(CC)C(CCC(C)C)NC. The van der Waals surface area contributed by atoms with Gasteiger partial charge in [0, 0.05) is 6.04 Å². The molecule has 1 N–H and O–H groups in total. The zero-order valence-corrected chi connectivity index (χ0v) is 10.1. The Hall–Kier alpha value is -0.0400. The van der Waals surface area contributed by atoms with E-state index in [9.17, 15) is 0 Å². The molecule has 0 aromatic carbocycles. The molecule has 0 spiro atoms. The van der Waals surface area contributed by atoms with E-state index in [2.05, 4.69) is 40.1 Å². The van der Waals surface area contributed by atoms with Crippen LogP contribution in [0.3, 0.4) is 0 Å². The van der Waals surface area contributed by atoms with Crippen LogP contribution >= 0.6 is 0 Å². The van der Waals surface area contributed by atoms with Crippen molar-refractivity contribution in [3.05, 3.63) is 0 Å². The fraction of sp³-hybridized carbons (Fsp3) is 1.00. The van der Waals surface area contributed by atoms with Crippen molar-refractivity contribution in [1.29, 1.82) is 0 Å². The Bertz CT molecular complexity index is 106. The van der Waals surface area contributed by atoms with Crippen LogP contribution in [0.4, 0.5) is 0 Å². The van der Waals surface area contributed by atoms with Crippen LogP contribution in [-0.2, 0) is 0 Å². The summed E-state index contributed by atoms with van der Waals surface area (Å²) in [6.45, 7) is 9.21. The Morgan fingerprint density at radius 1 is 1.00 bits per heavy atom. The average molecular weight is 185 g/mol. The molecule has 1 unspecified atom stereocenters. The van der Waals surface area contributed by atoms with Gasteiger partial charge in [0.05, 0.1) is 0 Å². The summed E-state index contributed by atoms with van der Waals surface area (Å²) in [4.78, 5) is 0. The number of rotatable bonds is 7. The molecular formula is C12H27N. The van der Waals surface area contributed by atoms with Crippen molar-refractivity contribution in [2.24, 2.45) is 11.8 Å². The van der Waals surface area contributed by atoms with Crippen LogP contribution in [0.25, 0.3) is 0 Å². The molecule has 0 aromatic rings. The van der Waals surface area contributed by atoms with Gasteiger partial charge in [0.25, 0.3) is 0 Å². The molecule has 0 aromatic heterocycles. The molecule has 0 radical (unpaired) electrons. The number of hydrogen-bond acceptors (Lipinski definition) is 1. The molecule has 80 valence electrons. The summed E-state index contributed by atoms with van der Waals surface area (Å²) in [5, 5.41) is 3.46. The molecular weight excluding hydrogens is 158 g/mol. The second kappa shape index (κ2) is 7.37. The normalized spacial score (nSPS) is 14.1. The first kappa shape index (κ1) is 13.0. The molecule has 0 bridgehead atoms. The van der Waals surface area contributed by atoms with E-state index < -0.39 is 0 Å². The van der Waals surface area contributed by atoms with Crippen LogP contribution in [0.2, 0.25) is 0 Å². The van der Waals surface area contributed by atoms with Crippen molar-refractivity contribution in [3.8, 4) is 0 Å². The predicted molar refractivity (Wildman–Crippen MR) is 61.0 cm³/mol. The summed E-state index contributed by atoms with van der Waals surface area (Å²) in [5.74, 6) is 1.70. The largest absolute Gasteiger partial charge is 0.317 e. The van der Waals surface area contributed by atoms with Crippen molar-refractivity contribution in [2.45, 2.75) is 59.4 Å². The smallest absolute Gasteiger partial charge is 0.00922 e. The minimum atomic E-state index is 0.734. The van der Waals surface area contributed by atoms with Gasteiger partial charge in [0.15, 0.2) is 0 Å². The van der Waals surface area contributed by atoms with Crippen LogP contribution in [0.5, 0.6) is 0 Å². The van der Waals surface area contributed by atoms with E-state index in [-0.39, 0.29) is 0 Å². The number of hydrogen-bond donors (Lipinski definition) is 1. The van der Waals surface area contributed by atoms with Gasteiger partial charge in [-0.05, 0) is 31.7 Å². The predicted octanol–water partition coefficient (Wildman–Crippen LogP) is 3.45. The van der Waals surface area contributed by atoms with Gasteiger partial charge in [-0.2, -0.15) is 0 Å². The van der Waals surface area contributed by atoms with E-state index in [4.69, 9.17) is 0 Å². The van der Waals surface area contributed by atoms with Crippen molar-refractivity contribution >= 4 is 0 Å². The molecule has 1 atom stereocenters. The molecule has 0 saturated heterocycles. The van der Waals surface area contributed by atoms with Gasteiger partial charge in [0.1, 0.15) is 0 Å². The van der Waals surface area contributed by atoms with Gasteiger partial charge in [-0.25, -0.2) is 0 Å². The van der Waals surface area contributed by atoms with E-state index >= 15 is 0 Å². The zero-order chi connectivity index (χ0) is 10.3. The minimum Gasteiger partial charge on any atom is -0.317 e. The zero-order valence-electron chi connectivity index (χ0n) is 10.1. The van der Waals surface area contributed by atoms with Crippen LogP contribution in [0, 0.1) is 11.8 Å². The van der Waals surface area contributed by atoms with Crippen molar-refractivity contribution in [2.75, 3.05) is 7.05 Å². The topological polar surface area (TPSA) is 12.0 Å². The Morgan fingerprint density at radius 2 is 1.54 bits per heavy atom. The second-order valence-electron chi connectivity index (χ2n) is 4.44. The van der Waals surface area contributed by atoms with E-state index in [1.54, 1.807) is 0 Å². The average Bonchev–Trinajstić information content (AvgIpc) is 2.11. The second-order valence-corrected chi connectivity index (χ2v) is 4.44. The molecule has 0 amide bonds. The molecule has 0 aliphatic heterocycles. The molecule has 0 rings (SSSR count). The Kier molecular flexibility index (Phi) is 7.35. The summed E-state index contributed by atoms with van der Waals surface area (Å²) in [6, 6.07) is 0.734. The van der Waals surface area contributed by atoms with Crippen LogP contribution in [0.15, 0.2) is 0 Å². The van der Waals surface area contributed by atoms with Gasteiger partial charge in [-0.15, -0.1) is 0 Å². The van der Waals surface area contributed by atoms with E-state index in [1.165, 1.54) is 25.7 Å². The van der Waals surface area contributed by atoms with Gasteiger partial charge in [0.2, 0.25) is 0 Å². The molecule has 0 fully saturated rings. The standard InChI is InChI=1S/C12H27N/c1-6-11(7-2)12(13-5)9-8-10(3)4/h10-13H,6-9H2,1-5H3. The summed E-state index contributed by atoms with van der Waals surface area (Å²) in [7, 11) is 2.10. The fourth-order valence-electron chi connectivity index (χ4n) is 1.99. The van der Waals surface area contributed by atoms with E-state index in [0.29, 0.717) is 0 Å². The molecule has 1 heteroatoms. The fourth-order valence-corrected chi connectivity index (χ4v) is 1.99. The maximum absolute atomic E-state index is 3.46. The van der Waals surface area contributed by atoms with Crippen molar-refractivity contribution < 1.29 is 0 Å². The summed E-state index contributed by atoms with van der Waals surface area (Å²) < 4.78 is 0. The maximum Gasteiger partial charge on any atom is 0.00922 e. The summed E-state index contributed by atoms with van der Waals surface area (Å²) in [5.41, 5.74) is 0. The Morgan fingerprint density at radius 3 is 1.85 bits per heavy atom. The summed E-state index contributed by atoms with van der Waals surface area (Å²) in [6.07, 6.45) is 5.29. The highest BCUT2D eigenvalue weighted by Crippen LogP contribution is 2.18. The monoisotopic (exact) mass is 185 g/mol. The highest BCUT2D eigenvalue weighted by atomic mass is 14.9. The van der Waals surface area contributed by atoms with Gasteiger partial charge < -0.3 is 5.32 Å². The lowest BCUT2D eigenvalue weighted by Crippen LogP contribution is -2.33. The maximum atomic E-state index is 3.46. The van der Waals surface area contributed by atoms with Gasteiger partial charge in [-0.1, -0.05) is 40.5 Å². The lowest BCUT2D eigenvalue weighted by atomic mass is 9.89. The molecule has 0 heterocycles. The highest BCUT2D eigenvalue weighted by molar-refractivity contribution is 4.73. The Balaban J connectivity index is 3.85. The first-order valence-corrected chi connectivity index (χ1v) is 5.82. The molecule has 0 aliphatic carbocycles.